The smallest absolute Gasteiger partial charge is 0.118 e. The lowest BCUT2D eigenvalue weighted by molar-refractivity contribution is 0.414. The Morgan fingerprint density at radius 1 is 1.21 bits per heavy atom. The van der Waals surface area contributed by atoms with Crippen LogP contribution >= 0.6 is 0 Å². The van der Waals surface area contributed by atoms with E-state index in [1.165, 1.54) is 0 Å². The van der Waals surface area contributed by atoms with E-state index in [-0.39, 0.29) is 5.83 Å². The molecule has 0 aliphatic rings. The third-order valence-corrected chi connectivity index (χ3v) is 2.06. The molecule has 0 aliphatic carbocycles. The largest absolute Gasteiger partial charge is 0.497 e. The molecule has 76 valence electrons. The van der Waals surface area contributed by atoms with Crippen molar-refractivity contribution in [3.63, 3.8) is 0 Å². The second kappa shape index (κ2) is 4.80. The van der Waals surface area contributed by atoms with Gasteiger partial charge in [-0.2, -0.15) is 0 Å². The summed E-state index contributed by atoms with van der Waals surface area (Å²) in [4.78, 5) is 0. The van der Waals surface area contributed by atoms with Crippen LogP contribution in [0.2, 0.25) is 0 Å². The summed E-state index contributed by atoms with van der Waals surface area (Å²) in [6.07, 6.45) is 0.367. The highest BCUT2D eigenvalue weighted by molar-refractivity contribution is 5.29. The first-order valence-corrected chi connectivity index (χ1v) is 4.58. The molecule has 0 fully saturated rings. The molecule has 0 aromatic heterocycles. The zero-order valence-corrected chi connectivity index (χ0v) is 8.80. The minimum Gasteiger partial charge on any atom is -0.497 e. The number of halogens is 1. The molecule has 1 rings (SSSR count). The molecule has 0 amide bonds. The molecule has 0 aliphatic heterocycles. The number of allylic oxidation sites excluding steroid dienone is 2. The van der Waals surface area contributed by atoms with E-state index in [9.17, 15) is 4.39 Å². The molecule has 0 unspecified atom stereocenters. The summed E-state index contributed by atoms with van der Waals surface area (Å²) in [6, 6.07) is 7.43. The number of hydrogen-bond acceptors (Lipinski definition) is 1. The van der Waals surface area contributed by atoms with Gasteiger partial charge >= 0.3 is 0 Å². The SMILES string of the molecule is COc1ccc(CC(F)=C(C)C)cc1. The zero-order chi connectivity index (χ0) is 10.6. The molecule has 1 nitrogen and oxygen atoms in total. The van der Waals surface area contributed by atoms with Crippen molar-refractivity contribution in [1.82, 2.24) is 0 Å². The summed E-state index contributed by atoms with van der Waals surface area (Å²) in [7, 11) is 1.62. The maximum atomic E-state index is 13.2. The van der Waals surface area contributed by atoms with Crippen LogP contribution < -0.4 is 4.74 Å². The molecule has 0 bridgehead atoms. The summed E-state index contributed by atoms with van der Waals surface area (Å²) in [5, 5.41) is 0. The molecule has 0 heterocycles. The average Bonchev–Trinajstić information content (AvgIpc) is 2.19. The maximum Gasteiger partial charge on any atom is 0.118 e. The summed E-state index contributed by atoms with van der Waals surface area (Å²) in [5.41, 5.74) is 1.70. The van der Waals surface area contributed by atoms with Gasteiger partial charge in [0.1, 0.15) is 11.6 Å². The lowest BCUT2D eigenvalue weighted by Crippen LogP contribution is -1.88. The van der Waals surface area contributed by atoms with E-state index < -0.39 is 0 Å². The summed E-state index contributed by atoms with van der Waals surface area (Å²) >= 11 is 0. The van der Waals surface area contributed by atoms with Gasteiger partial charge in [-0.3, -0.25) is 0 Å². The quantitative estimate of drug-likeness (QED) is 0.715. The number of ether oxygens (including phenoxy) is 1. The van der Waals surface area contributed by atoms with Crippen LogP contribution in [0.1, 0.15) is 19.4 Å². The third kappa shape index (κ3) is 2.87. The van der Waals surface area contributed by atoms with Crippen LogP contribution in [0.4, 0.5) is 4.39 Å². The van der Waals surface area contributed by atoms with Crippen LogP contribution in [-0.2, 0) is 6.42 Å². The molecule has 0 spiro atoms. The van der Waals surface area contributed by atoms with E-state index in [0.29, 0.717) is 6.42 Å². The van der Waals surface area contributed by atoms with Crippen LogP contribution in [-0.4, -0.2) is 7.11 Å². The van der Waals surface area contributed by atoms with E-state index in [1.807, 2.05) is 24.3 Å². The monoisotopic (exact) mass is 194 g/mol. The second-order valence-corrected chi connectivity index (χ2v) is 3.43. The first-order chi connectivity index (χ1) is 6.63. The molecular formula is C12H15FO. The van der Waals surface area contributed by atoms with Crippen molar-refractivity contribution < 1.29 is 9.13 Å². The maximum absolute atomic E-state index is 13.2. The second-order valence-electron chi connectivity index (χ2n) is 3.43. The van der Waals surface area contributed by atoms with Gasteiger partial charge in [0.15, 0.2) is 0 Å². The van der Waals surface area contributed by atoms with Gasteiger partial charge in [-0.25, -0.2) is 4.39 Å². The lowest BCUT2D eigenvalue weighted by Gasteiger charge is -2.03. The number of benzene rings is 1. The lowest BCUT2D eigenvalue weighted by atomic mass is 10.1. The summed E-state index contributed by atoms with van der Waals surface area (Å²) < 4.78 is 18.3. The minimum atomic E-state index is -0.0600. The zero-order valence-electron chi connectivity index (χ0n) is 8.80. The van der Waals surface area contributed by atoms with Crippen molar-refractivity contribution in [3.8, 4) is 5.75 Å². The van der Waals surface area contributed by atoms with Gasteiger partial charge in [-0.1, -0.05) is 12.1 Å². The van der Waals surface area contributed by atoms with Gasteiger partial charge in [0.25, 0.3) is 0 Å². The number of rotatable bonds is 3. The highest BCUT2D eigenvalue weighted by Crippen LogP contribution is 2.16. The van der Waals surface area contributed by atoms with Crippen LogP contribution in [0.5, 0.6) is 5.75 Å². The number of hydrogen-bond donors (Lipinski definition) is 0. The first kappa shape index (κ1) is 10.8. The molecule has 0 atom stereocenters. The van der Waals surface area contributed by atoms with Crippen molar-refractivity contribution in [2.75, 3.05) is 7.11 Å². The van der Waals surface area contributed by atoms with Crippen LogP contribution in [0, 0.1) is 0 Å². The molecular weight excluding hydrogens is 179 g/mol. The minimum absolute atomic E-state index is 0.0600. The first-order valence-electron chi connectivity index (χ1n) is 4.58. The molecule has 0 radical (unpaired) electrons. The highest BCUT2D eigenvalue weighted by atomic mass is 19.1. The Bertz CT molecular complexity index is 321. The van der Waals surface area contributed by atoms with Gasteiger partial charge in [0, 0.05) is 6.42 Å². The van der Waals surface area contributed by atoms with Crippen LogP contribution in [0.3, 0.4) is 0 Å². The standard InChI is InChI=1S/C12H15FO/c1-9(2)12(13)8-10-4-6-11(14-3)7-5-10/h4-7H,8H2,1-3H3. The third-order valence-electron chi connectivity index (χ3n) is 2.06. The van der Waals surface area contributed by atoms with Gasteiger partial charge in [-0.05, 0) is 37.1 Å². The Hall–Kier alpha value is -1.31. The fourth-order valence-electron chi connectivity index (χ4n) is 1.10. The predicted octanol–water partition coefficient (Wildman–Crippen LogP) is 3.50. The summed E-state index contributed by atoms with van der Waals surface area (Å²) in [6.45, 7) is 3.55. The topological polar surface area (TPSA) is 9.23 Å². The molecule has 14 heavy (non-hydrogen) atoms. The van der Waals surface area contributed by atoms with E-state index in [0.717, 1.165) is 16.9 Å². The van der Waals surface area contributed by atoms with E-state index in [1.54, 1.807) is 21.0 Å². The van der Waals surface area contributed by atoms with E-state index in [4.69, 9.17) is 4.74 Å². The van der Waals surface area contributed by atoms with E-state index >= 15 is 0 Å². The fraction of sp³-hybridized carbons (Fsp3) is 0.333. The molecule has 0 saturated carbocycles. The van der Waals surface area contributed by atoms with Crippen molar-refractivity contribution in [1.29, 1.82) is 0 Å². The van der Waals surface area contributed by atoms with E-state index in [2.05, 4.69) is 0 Å². The van der Waals surface area contributed by atoms with Crippen molar-refractivity contribution in [2.24, 2.45) is 0 Å². The normalized spacial score (nSPS) is 9.71. The molecule has 2 heteroatoms. The molecule has 0 N–H and O–H groups in total. The highest BCUT2D eigenvalue weighted by Gasteiger charge is 2.00. The molecule has 0 saturated heterocycles. The van der Waals surface area contributed by atoms with Crippen molar-refractivity contribution in [3.05, 3.63) is 41.2 Å². The average molecular weight is 194 g/mol. The van der Waals surface area contributed by atoms with Gasteiger partial charge < -0.3 is 4.74 Å². The van der Waals surface area contributed by atoms with Crippen LogP contribution in [0.15, 0.2) is 35.7 Å². The Balaban J connectivity index is 2.74. The van der Waals surface area contributed by atoms with Crippen molar-refractivity contribution in [2.45, 2.75) is 20.3 Å². The Morgan fingerprint density at radius 3 is 2.21 bits per heavy atom. The fourth-order valence-corrected chi connectivity index (χ4v) is 1.10. The van der Waals surface area contributed by atoms with Crippen molar-refractivity contribution >= 4 is 0 Å². The summed E-state index contributed by atoms with van der Waals surface area (Å²) in [5.74, 6) is 0.738. The Labute approximate surface area is 84.2 Å². The Kier molecular flexibility index (Phi) is 3.69. The van der Waals surface area contributed by atoms with Gasteiger partial charge in [0.05, 0.1) is 7.11 Å². The molecule has 1 aromatic rings. The molecule has 1 aromatic carbocycles. The van der Waals surface area contributed by atoms with Gasteiger partial charge in [-0.15, -0.1) is 0 Å². The van der Waals surface area contributed by atoms with Gasteiger partial charge in [0.2, 0.25) is 0 Å². The van der Waals surface area contributed by atoms with Crippen LogP contribution in [0.25, 0.3) is 0 Å². The number of methoxy groups -OCH3 is 1. The Morgan fingerprint density at radius 2 is 1.79 bits per heavy atom. The predicted molar refractivity (Wildman–Crippen MR) is 56.2 cm³/mol.